The molecule has 0 radical (unpaired) electrons. The maximum Gasteiger partial charge on any atom is 0.261 e. The van der Waals surface area contributed by atoms with Crippen molar-refractivity contribution in [1.82, 2.24) is 0 Å². The van der Waals surface area contributed by atoms with E-state index in [9.17, 15) is 18.8 Å². The summed E-state index contributed by atoms with van der Waals surface area (Å²) < 4.78 is 25.4. The molecule has 0 aromatic heterocycles. The molecule has 3 rings (SSSR count). The fourth-order valence-corrected chi connectivity index (χ4v) is 3.71. The number of hydrogen-bond donors (Lipinski definition) is 0. The maximum absolute atomic E-state index is 14.6. The molecule has 1 aliphatic heterocycles. The number of rotatable bonds is 9. The number of nitrogens with zero attached hydrogens (tertiary/aromatic N) is 1. The first-order valence-corrected chi connectivity index (χ1v) is 10.2. The third-order valence-corrected chi connectivity index (χ3v) is 5.31. The van der Waals surface area contributed by atoms with Gasteiger partial charge in [0.2, 0.25) is 0 Å². The molecule has 2 amide bonds. The van der Waals surface area contributed by atoms with Crippen LogP contribution in [0.1, 0.15) is 51.9 Å². The first-order valence-electron chi connectivity index (χ1n) is 9.81. The van der Waals surface area contributed by atoms with E-state index in [-0.39, 0.29) is 16.5 Å². The van der Waals surface area contributed by atoms with Crippen molar-refractivity contribution in [2.75, 3.05) is 11.5 Å². The van der Waals surface area contributed by atoms with Crippen LogP contribution in [-0.4, -0.2) is 31.0 Å². The summed E-state index contributed by atoms with van der Waals surface area (Å²) in [7, 11) is 0. The predicted molar refractivity (Wildman–Crippen MR) is 105 cm³/mol. The Morgan fingerprint density at radius 3 is 2.41 bits per heavy atom. The summed E-state index contributed by atoms with van der Waals surface area (Å²) in [5, 5.41) is -0.0907. The van der Waals surface area contributed by atoms with Crippen LogP contribution in [0.5, 0.6) is 5.75 Å². The third kappa shape index (κ3) is 4.51. The predicted octanol–water partition coefficient (Wildman–Crippen LogP) is 4.33. The van der Waals surface area contributed by atoms with E-state index < -0.39 is 23.9 Å². The molecule has 1 aromatic carbocycles. The van der Waals surface area contributed by atoms with Crippen LogP contribution in [0.15, 0.2) is 23.3 Å². The maximum atomic E-state index is 14.6. The van der Waals surface area contributed by atoms with Gasteiger partial charge in [0.25, 0.3) is 18.1 Å². The number of halogens is 2. The van der Waals surface area contributed by atoms with Crippen LogP contribution >= 0.6 is 11.6 Å². The molecule has 6 nitrogen and oxygen atoms in total. The lowest BCUT2D eigenvalue weighted by Crippen LogP contribution is -2.32. The minimum atomic E-state index is -1.22. The van der Waals surface area contributed by atoms with E-state index in [1.54, 1.807) is 0 Å². The number of carbonyl (C=O) groups is 3. The zero-order valence-electron chi connectivity index (χ0n) is 16.2. The SMILES string of the molecule is CCCCCOC(C=O)Oc1cc(N2C(=O)C3=C(CCCC3)C2=O)c(F)cc1Cl. The number of imide groups is 1. The van der Waals surface area contributed by atoms with E-state index in [4.69, 9.17) is 21.1 Å². The summed E-state index contributed by atoms with van der Waals surface area (Å²) >= 11 is 6.05. The van der Waals surface area contributed by atoms with Crippen LogP contribution in [0, 0.1) is 5.82 Å². The second kappa shape index (κ2) is 9.50. The van der Waals surface area contributed by atoms with Crippen molar-refractivity contribution in [2.45, 2.75) is 58.2 Å². The largest absolute Gasteiger partial charge is 0.456 e. The highest BCUT2D eigenvalue weighted by molar-refractivity contribution is 6.34. The number of aldehydes is 1. The van der Waals surface area contributed by atoms with Crippen LogP contribution in [0.4, 0.5) is 10.1 Å². The number of amides is 2. The van der Waals surface area contributed by atoms with Crippen LogP contribution in [0.3, 0.4) is 0 Å². The summed E-state index contributed by atoms with van der Waals surface area (Å²) in [6.45, 7) is 2.36. The highest BCUT2D eigenvalue weighted by atomic mass is 35.5. The normalized spacial score (nSPS) is 17.6. The molecule has 156 valence electrons. The molecule has 1 aliphatic carbocycles. The van der Waals surface area contributed by atoms with Gasteiger partial charge >= 0.3 is 0 Å². The van der Waals surface area contributed by atoms with Gasteiger partial charge in [0.05, 0.1) is 17.3 Å². The molecular formula is C21H23ClFNO5. The Morgan fingerprint density at radius 1 is 1.17 bits per heavy atom. The lowest BCUT2D eigenvalue weighted by Gasteiger charge is -2.20. The Kier molecular flexibility index (Phi) is 7.03. The number of benzene rings is 1. The lowest BCUT2D eigenvalue weighted by atomic mass is 9.93. The number of unbranched alkanes of at least 4 members (excludes halogenated alkanes) is 2. The van der Waals surface area contributed by atoms with Gasteiger partial charge in [0.15, 0.2) is 6.29 Å². The molecule has 1 atom stereocenters. The number of ether oxygens (including phenoxy) is 2. The molecule has 0 N–H and O–H groups in total. The summed E-state index contributed by atoms with van der Waals surface area (Å²) in [6.07, 6.45) is 4.61. The minimum absolute atomic E-state index is 0.0406. The van der Waals surface area contributed by atoms with Crippen molar-refractivity contribution in [3.8, 4) is 5.75 Å². The fraction of sp³-hybridized carbons (Fsp3) is 0.476. The summed E-state index contributed by atoms with van der Waals surface area (Å²) in [6, 6.07) is 2.13. The molecule has 8 heteroatoms. The molecule has 0 spiro atoms. The summed E-state index contributed by atoms with van der Waals surface area (Å²) in [5.41, 5.74) is 0.649. The summed E-state index contributed by atoms with van der Waals surface area (Å²) in [5.74, 6) is -1.89. The molecule has 0 saturated carbocycles. The second-order valence-electron chi connectivity index (χ2n) is 7.04. The van der Waals surface area contributed by atoms with Crippen molar-refractivity contribution in [2.24, 2.45) is 0 Å². The molecule has 2 aliphatic rings. The summed E-state index contributed by atoms with van der Waals surface area (Å²) in [4.78, 5) is 37.5. The van der Waals surface area contributed by atoms with Gasteiger partial charge in [-0.15, -0.1) is 0 Å². The quantitative estimate of drug-likeness (QED) is 0.256. The number of anilines is 1. The van der Waals surface area contributed by atoms with E-state index in [0.29, 0.717) is 36.9 Å². The zero-order valence-corrected chi connectivity index (χ0v) is 17.0. The fourth-order valence-electron chi connectivity index (χ4n) is 3.52. The molecule has 1 unspecified atom stereocenters. The average molecular weight is 424 g/mol. The van der Waals surface area contributed by atoms with Gasteiger partial charge in [-0.25, -0.2) is 9.29 Å². The molecule has 1 heterocycles. The van der Waals surface area contributed by atoms with Crippen molar-refractivity contribution >= 4 is 35.4 Å². The number of carbonyl (C=O) groups excluding carboxylic acids is 3. The van der Waals surface area contributed by atoms with Gasteiger partial charge < -0.3 is 9.47 Å². The Morgan fingerprint density at radius 2 is 1.83 bits per heavy atom. The molecule has 0 fully saturated rings. The third-order valence-electron chi connectivity index (χ3n) is 5.02. The average Bonchev–Trinajstić information content (AvgIpc) is 2.97. The van der Waals surface area contributed by atoms with Gasteiger partial charge in [-0.2, -0.15) is 0 Å². The van der Waals surface area contributed by atoms with Crippen molar-refractivity contribution in [3.05, 3.63) is 34.1 Å². The van der Waals surface area contributed by atoms with Gasteiger partial charge in [-0.05, 0) is 38.2 Å². The Labute approximate surface area is 173 Å². The van der Waals surface area contributed by atoms with Crippen LogP contribution < -0.4 is 9.64 Å². The van der Waals surface area contributed by atoms with Crippen molar-refractivity contribution < 1.29 is 28.2 Å². The molecular weight excluding hydrogens is 401 g/mol. The second-order valence-corrected chi connectivity index (χ2v) is 7.45. The number of hydrogen-bond acceptors (Lipinski definition) is 5. The topological polar surface area (TPSA) is 72.9 Å². The van der Waals surface area contributed by atoms with Crippen molar-refractivity contribution in [1.29, 1.82) is 0 Å². The Balaban J connectivity index is 1.82. The monoisotopic (exact) mass is 423 g/mol. The van der Waals surface area contributed by atoms with Gasteiger partial charge in [0.1, 0.15) is 11.6 Å². The standard InChI is InChI=1S/C21H23ClFNO5/c1-2-3-6-9-28-19(12-25)29-18-11-17(16(23)10-15(18)22)24-20(26)13-7-4-5-8-14(13)21(24)27/h10-12,19H,2-9H2,1H3. The van der Waals surface area contributed by atoms with E-state index in [0.717, 1.165) is 49.1 Å². The van der Waals surface area contributed by atoms with E-state index in [1.807, 2.05) is 6.92 Å². The van der Waals surface area contributed by atoms with Crippen LogP contribution in [0.2, 0.25) is 5.02 Å². The van der Waals surface area contributed by atoms with E-state index >= 15 is 0 Å². The van der Waals surface area contributed by atoms with E-state index in [2.05, 4.69) is 0 Å². The van der Waals surface area contributed by atoms with Gasteiger partial charge in [0, 0.05) is 17.2 Å². The minimum Gasteiger partial charge on any atom is -0.456 e. The molecule has 1 aromatic rings. The van der Waals surface area contributed by atoms with Crippen molar-refractivity contribution in [3.63, 3.8) is 0 Å². The molecule has 0 saturated heterocycles. The first kappa shape index (κ1) is 21.5. The Hall–Kier alpha value is -2.25. The van der Waals surface area contributed by atoms with Gasteiger partial charge in [-0.3, -0.25) is 14.4 Å². The zero-order chi connectivity index (χ0) is 21.0. The highest BCUT2D eigenvalue weighted by Gasteiger charge is 2.41. The van der Waals surface area contributed by atoms with Gasteiger partial charge in [-0.1, -0.05) is 31.4 Å². The Bertz CT molecular complexity index is 826. The van der Waals surface area contributed by atoms with Crippen LogP contribution in [-0.2, 0) is 19.1 Å². The van der Waals surface area contributed by atoms with Crippen LogP contribution in [0.25, 0.3) is 0 Å². The smallest absolute Gasteiger partial charge is 0.261 e. The molecule has 0 bridgehead atoms. The van der Waals surface area contributed by atoms with E-state index in [1.165, 1.54) is 0 Å². The first-order chi connectivity index (χ1) is 14.0. The highest BCUT2D eigenvalue weighted by Crippen LogP contribution is 2.39. The molecule has 29 heavy (non-hydrogen) atoms. The lowest BCUT2D eigenvalue weighted by molar-refractivity contribution is -0.137.